The summed E-state index contributed by atoms with van der Waals surface area (Å²) in [6, 6.07) is 10.6. The van der Waals surface area contributed by atoms with E-state index in [9.17, 15) is 0 Å². The molecule has 2 heterocycles. The Kier molecular flexibility index (Phi) is 4.86. The molecule has 0 radical (unpaired) electrons. The summed E-state index contributed by atoms with van der Waals surface area (Å²) in [5.41, 5.74) is 10.1. The number of hydrogen-bond acceptors (Lipinski definition) is 4. The number of aryl methyl sites for hydroxylation is 3. The van der Waals surface area contributed by atoms with Crippen molar-refractivity contribution in [3.05, 3.63) is 47.9 Å². The van der Waals surface area contributed by atoms with Crippen LogP contribution in [0.25, 0.3) is 11.0 Å². The van der Waals surface area contributed by atoms with E-state index in [1.165, 1.54) is 16.9 Å². The number of imidazole rings is 1. The van der Waals surface area contributed by atoms with Crippen molar-refractivity contribution in [2.24, 2.45) is 0 Å². The van der Waals surface area contributed by atoms with Gasteiger partial charge in [0.25, 0.3) is 0 Å². The maximum atomic E-state index is 5.99. The third kappa shape index (κ3) is 3.50. The van der Waals surface area contributed by atoms with Gasteiger partial charge < -0.3 is 10.3 Å². The normalized spacial score (nSPS) is 11.2. The number of aromatic nitrogens is 3. The van der Waals surface area contributed by atoms with Gasteiger partial charge in [0.1, 0.15) is 5.52 Å². The standard InChI is InChI=1S/C18H22N4S/c1-13-14(2)21-18(19)16-17(13)22(12-20-16)10-6-7-11-23-15-8-4-3-5-9-15/h3-5,8-9,12H,6-7,10-11H2,1-2H3,(H2,19,21). The number of benzene rings is 1. The van der Waals surface area contributed by atoms with Crippen molar-refractivity contribution in [1.82, 2.24) is 14.5 Å². The second-order valence-corrected chi connectivity index (χ2v) is 6.88. The molecule has 0 atom stereocenters. The van der Waals surface area contributed by atoms with Gasteiger partial charge in [0.05, 0.1) is 11.8 Å². The van der Waals surface area contributed by atoms with E-state index in [2.05, 4.69) is 51.8 Å². The Morgan fingerprint density at radius 1 is 1.13 bits per heavy atom. The molecular weight excluding hydrogens is 304 g/mol. The molecule has 0 bridgehead atoms. The van der Waals surface area contributed by atoms with Crippen LogP contribution < -0.4 is 5.73 Å². The van der Waals surface area contributed by atoms with Crippen LogP contribution in [0, 0.1) is 13.8 Å². The lowest BCUT2D eigenvalue weighted by atomic mass is 10.2. The van der Waals surface area contributed by atoms with E-state index in [-0.39, 0.29) is 0 Å². The molecule has 0 fully saturated rings. The quantitative estimate of drug-likeness (QED) is 0.545. The van der Waals surface area contributed by atoms with Gasteiger partial charge in [-0.2, -0.15) is 0 Å². The van der Waals surface area contributed by atoms with Crippen LogP contribution >= 0.6 is 11.8 Å². The van der Waals surface area contributed by atoms with Gasteiger partial charge in [-0.05, 0) is 50.1 Å². The van der Waals surface area contributed by atoms with Crippen molar-refractivity contribution < 1.29 is 0 Å². The first-order chi connectivity index (χ1) is 11.2. The second-order valence-electron chi connectivity index (χ2n) is 5.71. The number of thioether (sulfide) groups is 1. The van der Waals surface area contributed by atoms with Gasteiger partial charge in [-0.15, -0.1) is 11.8 Å². The minimum atomic E-state index is 0.529. The molecule has 0 amide bonds. The predicted octanol–water partition coefficient (Wildman–Crippen LogP) is 4.20. The number of hydrogen-bond donors (Lipinski definition) is 1. The lowest BCUT2D eigenvalue weighted by Crippen LogP contribution is -2.02. The number of unbranched alkanes of at least 4 members (excludes halogenated alkanes) is 1. The largest absolute Gasteiger partial charge is 0.382 e. The van der Waals surface area contributed by atoms with Crippen LogP contribution in [-0.2, 0) is 6.54 Å². The Hall–Kier alpha value is -2.01. The number of nitrogen functional groups attached to an aromatic ring is 1. The average molecular weight is 326 g/mol. The van der Waals surface area contributed by atoms with E-state index < -0.39 is 0 Å². The van der Waals surface area contributed by atoms with Gasteiger partial charge in [0.2, 0.25) is 0 Å². The third-order valence-corrected chi connectivity index (χ3v) is 5.17. The number of anilines is 1. The molecule has 3 aromatic rings. The number of nitrogens with two attached hydrogens (primary N) is 1. The molecule has 0 unspecified atom stereocenters. The summed E-state index contributed by atoms with van der Waals surface area (Å²) in [4.78, 5) is 10.1. The van der Waals surface area contributed by atoms with Crippen molar-refractivity contribution in [2.75, 3.05) is 11.5 Å². The zero-order chi connectivity index (χ0) is 16.2. The third-order valence-electron chi connectivity index (χ3n) is 4.07. The Labute approximate surface area is 141 Å². The zero-order valence-corrected chi connectivity index (χ0v) is 14.4. The smallest absolute Gasteiger partial charge is 0.151 e. The van der Waals surface area contributed by atoms with Gasteiger partial charge in [-0.1, -0.05) is 18.2 Å². The second kappa shape index (κ2) is 7.04. The lowest BCUT2D eigenvalue weighted by molar-refractivity contribution is 0.648. The van der Waals surface area contributed by atoms with Crippen molar-refractivity contribution in [1.29, 1.82) is 0 Å². The minimum Gasteiger partial charge on any atom is -0.382 e. The molecule has 5 heteroatoms. The summed E-state index contributed by atoms with van der Waals surface area (Å²) in [5.74, 6) is 1.67. The zero-order valence-electron chi connectivity index (χ0n) is 13.6. The predicted molar refractivity (Wildman–Crippen MR) is 97.8 cm³/mol. The van der Waals surface area contributed by atoms with E-state index in [0.717, 1.165) is 35.4 Å². The highest BCUT2D eigenvalue weighted by molar-refractivity contribution is 7.99. The molecule has 2 aromatic heterocycles. The molecule has 0 aliphatic rings. The molecule has 23 heavy (non-hydrogen) atoms. The summed E-state index contributed by atoms with van der Waals surface area (Å²) in [7, 11) is 0. The van der Waals surface area contributed by atoms with Crippen LogP contribution in [0.2, 0.25) is 0 Å². The molecule has 3 rings (SSSR count). The Balaban J connectivity index is 1.60. The topological polar surface area (TPSA) is 56.7 Å². The van der Waals surface area contributed by atoms with Crippen LogP contribution in [-0.4, -0.2) is 20.3 Å². The lowest BCUT2D eigenvalue weighted by Gasteiger charge is -2.09. The summed E-state index contributed by atoms with van der Waals surface area (Å²) < 4.78 is 2.21. The van der Waals surface area contributed by atoms with Crippen molar-refractivity contribution in [2.45, 2.75) is 38.1 Å². The van der Waals surface area contributed by atoms with Gasteiger partial charge in [-0.3, -0.25) is 0 Å². The maximum absolute atomic E-state index is 5.99. The molecule has 0 saturated heterocycles. The Morgan fingerprint density at radius 3 is 2.70 bits per heavy atom. The molecule has 0 aliphatic carbocycles. The van der Waals surface area contributed by atoms with E-state index in [1.807, 2.05) is 25.0 Å². The molecule has 0 saturated carbocycles. The molecule has 0 aliphatic heterocycles. The first-order valence-corrected chi connectivity index (χ1v) is 8.90. The number of nitrogens with zero attached hydrogens (tertiary/aromatic N) is 3. The molecule has 1 aromatic carbocycles. The van der Waals surface area contributed by atoms with Gasteiger partial charge in [0, 0.05) is 17.1 Å². The van der Waals surface area contributed by atoms with E-state index in [4.69, 9.17) is 5.73 Å². The molecule has 2 N–H and O–H groups in total. The summed E-state index contributed by atoms with van der Waals surface area (Å²) in [6.07, 6.45) is 4.20. The highest BCUT2D eigenvalue weighted by Crippen LogP contribution is 2.24. The number of fused-ring (bicyclic) bond motifs is 1. The van der Waals surface area contributed by atoms with Gasteiger partial charge in [0.15, 0.2) is 5.82 Å². The Bertz CT molecular complexity index is 796. The fraction of sp³-hybridized carbons (Fsp3) is 0.333. The highest BCUT2D eigenvalue weighted by Gasteiger charge is 2.12. The monoisotopic (exact) mass is 326 g/mol. The fourth-order valence-electron chi connectivity index (χ4n) is 2.71. The first kappa shape index (κ1) is 15.9. The van der Waals surface area contributed by atoms with E-state index >= 15 is 0 Å². The van der Waals surface area contributed by atoms with Crippen molar-refractivity contribution in [3.63, 3.8) is 0 Å². The van der Waals surface area contributed by atoms with E-state index in [0.29, 0.717) is 5.82 Å². The van der Waals surface area contributed by atoms with Crippen LogP contribution in [0.5, 0.6) is 0 Å². The average Bonchev–Trinajstić information content (AvgIpc) is 2.98. The SMILES string of the molecule is Cc1nc(N)c2ncn(CCCCSc3ccccc3)c2c1C. The number of pyridine rings is 1. The molecular formula is C18H22N4S. The minimum absolute atomic E-state index is 0.529. The van der Waals surface area contributed by atoms with Crippen LogP contribution in [0.3, 0.4) is 0 Å². The summed E-state index contributed by atoms with van der Waals surface area (Å²) in [6.45, 7) is 5.06. The highest BCUT2D eigenvalue weighted by atomic mass is 32.2. The molecule has 4 nitrogen and oxygen atoms in total. The Morgan fingerprint density at radius 2 is 1.91 bits per heavy atom. The summed E-state index contributed by atoms with van der Waals surface area (Å²) in [5, 5.41) is 0. The van der Waals surface area contributed by atoms with Gasteiger partial charge >= 0.3 is 0 Å². The number of rotatable bonds is 6. The van der Waals surface area contributed by atoms with Crippen molar-refractivity contribution >= 4 is 28.6 Å². The van der Waals surface area contributed by atoms with Crippen LogP contribution in [0.1, 0.15) is 24.1 Å². The first-order valence-electron chi connectivity index (χ1n) is 7.92. The summed E-state index contributed by atoms with van der Waals surface area (Å²) >= 11 is 1.91. The molecule has 120 valence electrons. The van der Waals surface area contributed by atoms with Crippen molar-refractivity contribution in [3.8, 4) is 0 Å². The van der Waals surface area contributed by atoms with Crippen LogP contribution in [0.15, 0.2) is 41.6 Å². The fourth-order valence-corrected chi connectivity index (χ4v) is 3.65. The maximum Gasteiger partial charge on any atom is 0.151 e. The van der Waals surface area contributed by atoms with E-state index in [1.54, 1.807) is 0 Å². The molecule has 0 spiro atoms. The van der Waals surface area contributed by atoms with Crippen LogP contribution in [0.4, 0.5) is 5.82 Å². The van der Waals surface area contributed by atoms with Gasteiger partial charge in [-0.25, -0.2) is 9.97 Å².